The van der Waals surface area contributed by atoms with Gasteiger partial charge in [-0.3, -0.25) is 10.1 Å². The molecule has 2 rings (SSSR count). The minimum atomic E-state index is -3.89. The van der Waals surface area contributed by atoms with Gasteiger partial charge in [0.2, 0.25) is 10.0 Å². The van der Waals surface area contributed by atoms with Gasteiger partial charge in [0, 0.05) is 17.7 Å². The van der Waals surface area contributed by atoms with E-state index in [1.165, 1.54) is 25.1 Å². The predicted octanol–water partition coefficient (Wildman–Crippen LogP) is 1.49. The fourth-order valence-corrected chi connectivity index (χ4v) is 4.17. The van der Waals surface area contributed by atoms with Gasteiger partial charge in [-0.1, -0.05) is 18.9 Å². The largest absolute Gasteiger partial charge is 0.391 e. The molecule has 116 valence electrons. The summed E-state index contributed by atoms with van der Waals surface area (Å²) < 4.78 is 27.3. The third kappa shape index (κ3) is 3.39. The third-order valence-electron chi connectivity index (χ3n) is 3.78. The highest BCUT2D eigenvalue weighted by atomic mass is 32.2. The normalized spacial score (nSPS) is 23.0. The van der Waals surface area contributed by atoms with Gasteiger partial charge in [-0.2, -0.15) is 0 Å². The lowest BCUT2D eigenvalue weighted by atomic mass is 9.93. The number of nitro groups is 1. The van der Waals surface area contributed by atoms with Crippen molar-refractivity contribution in [1.82, 2.24) is 4.72 Å². The quantitative estimate of drug-likeness (QED) is 0.646. The van der Waals surface area contributed by atoms with Gasteiger partial charge in [-0.15, -0.1) is 0 Å². The molecule has 0 heterocycles. The summed E-state index contributed by atoms with van der Waals surface area (Å²) in [7, 11) is -3.89. The second-order valence-electron chi connectivity index (χ2n) is 5.24. The Bertz CT molecular complexity index is 644. The van der Waals surface area contributed by atoms with E-state index >= 15 is 0 Å². The molecule has 0 aromatic heterocycles. The van der Waals surface area contributed by atoms with Crippen LogP contribution >= 0.6 is 0 Å². The summed E-state index contributed by atoms with van der Waals surface area (Å²) in [5.74, 6) is 0. The lowest BCUT2D eigenvalue weighted by Gasteiger charge is -2.28. The fraction of sp³-hybridized carbons (Fsp3) is 0.538. The van der Waals surface area contributed by atoms with Gasteiger partial charge in [-0.25, -0.2) is 13.1 Å². The second kappa shape index (κ2) is 6.08. The number of aliphatic hydroxyl groups excluding tert-OH is 1. The fourth-order valence-electron chi connectivity index (χ4n) is 2.60. The minimum absolute atomic E-state index is 0.0975. The number of hydrogen-bond acceptors (Lipinski definition) is 5. The van der Waals surface area contributed by atoms with Crippen LogP contribution in [0.1, 0.15) is 31.2 Å². The first-order valence-electron chi connectivity index (χ1n) is 6.77. The molecule has 0 bridgehead atoms. The number of nitro benzene ring substituents is 1. The molecule has 1 fully saturated rings. The molecular formula is C13H18N2O5S. The van der Waals surface area contributed by atoms with Crippen molar-refractivity contribution >= 4 is 15.7 Å². The zero-order chi connectivity index (χ0) is 15.6. The average molecular weight is 314 g/mol. The molecule has 1 aliphatic carbocycles. The molecule has 0 saturated heterocycles. The maximum absolute atomic E-state index is 12.4. The summed E-state index contributed by atoms with van der Waals surface area (Å²) in [6.45, 7) is 1.41. The molecule has 0 unspecified atom stereocenters. The molecule has 2 N–H and O–H groups in total. The maximum atomic E-state index is 12.4. The van der Waals surface area contributed by atoms with Crippen LogP contribution in [-0.2, 0) is 10.0 Å². The van der Waals surface area contributed by atoms with Crippen LogP contribution in [0.3, 0.4) is 0 Å². The first kappa shape index (κ1) is 15.9. The molecule has 21 heavy (non-hydrogen) atoms. The van der Waals surface area contributed by atoms with E-state index in [1.807, 2.05) is 0 Å². The van der Waals surface area contributed by atoms with Crippen LogP contribution in [0.5, 0.6) is 0 Å². The van der Waals surface area contributed by atoms with E-state index in [9.17, 15) is 23.6 Å². The van der Waals surface area contributed by atoms with E-state index in [2.05, 4.69) is 4.72 Å². The molecule has 0 aliphatic heterocycles. The topological polar surface area (TPSA) is 110 Å². The van der Waals surface area contributed by atoms with Gasteiger partial charge in [-0.05, 0) is 25.8 Å². The van der Waals surface area contributed by atoms with Gasteiger partial charge in [0.1, 0.15) is 0 Å². The van der Waals surface area contributed by atoms with E-state index in [-0.39, 0.29) is 16.1 Å². The summed E-state index contributed by atoms with van der Waals surface area (Å²) in [4.78, 5) is 10.2. The number of sulfonamides is 1. The highest BCUT2D eigenvalue weighted by molar-refractivity contribution is 7.89. The van der Waals surface area contributed by atoms with Crippen molar-refractivity contribution in [2.24, 2.45) is 0 Å². The van der Waals surface area contributed by atoms with Crippen molar-refractivity contribution in [1.29, 1.82) is 0 Å². The Hall–Kier alpha value is -1.51. The molecule has 8 heteroatoms. The molecule has 1 saturated carbocycles. The molecule has 1 aliphatic rings. The monoisotopic (exact) mass is 314 g/mol. The Morgan fingerprint density at radius 2 is 2.00 bits per heavy atom. The van der Waals surface area contributed by atoms with Gasteiger partial charge in [0.25, 0.3) is 5.69 Å². The number of hydrogen-bond donors (Lipinski definition) is 2. The Morgan fingerprint density at radius 1 is 1.33 bits per heavy atom. The highest BCUT2D eigenvalue weighted by Crippen LogP contribution is 2.26. The van der Waals surface area contributed by atoms with Crippen LogP contribution in [-0.4, -0.2) is 30.6 Å². The van der Waals surface area contributed by atoms with Crippen LogP contribution in [0.4, 0.5) is 5.69 Å². The summed E-state index contributed by atoms with van der Waals surface area (Å²) in [6, 6.07) is 3.41. The van der Waals surface area contributed by atoms with E-state index in [4.69, 9.17) is 0 Å². The lowest BCUT2D eigenvalue weighted by molar-refractivity contribution is -0.385. The number of benzene rings is 1. The van der Waals surface area contributed by atoms with E-state index < -0.39 is 27.1 Å². The highest BCUT2D eigenvalue weighted by Gasteiger charge is 2.30. The first-order chi connectivity index (χ1) is 9.83. The number of aliphatic hydroxyl groups is 1. The van der Waals surface area contributed by atoms with Crippen molar-refractivity contribution in [2.45, 2.75) is 49.6 Å². The van der Waals surface area contributed by atoms with Gasteiger partial charge in [0.05, 0.1) is 15.9 Å². The summed E-state index contributed by atoms with van der Waals surface area (Å²) in [5.41, 5.74) is -0.137. The van der Waals surface area contributed by atoms with Crippen LogP contribution in [0, 0.1) is 17.0 Å². The zero-order valence-electron chi connectivity index (χ0n) is 11.7. The van der Waals surface area contributed by atoms with Crippen LogP contribution in [0.15, 0.2) is 23.1 Å². The SMILES string of the molecule is Cc1c([N+](=O)[O-])cccc1S(=O)(=O)N[C@@H]1CCCC[C@H]1O. The predicted molar refractivity (Wildman–Crippen MR) is 76.4 cm³/mol. The smallest absolute Gasteiger partial charge is 0.273 e. The van der Waals surface area contributed by atoms with Crippen LogP contribution in [0.2, 0.25) is 0 Å². The molecule has 1 aromatic carbocycles. The number of nitrogens with zero attached hydrogens (tertiary/aromatic N) is 1. The van der Waals surface area contributed by atoms with E-state index in [0.29, 0.717) is 12.8 Å². The van der Waals surface area contributed by atoms with Gasteiger partial charge >= 0.3 is 0 Å². The third-order valence-corrected chi connectivity index (χ3v) is 5.41. The Morgan fingerprint density at radius 3 is 2.62 bits per heavy atom. The average Bonchev–Trinajstić information content (AvgIpc) is 2.41. The lowest BCUT2D eigenvalue weighted by Crippen LogP contribution is -2.45. The molecular weight excluding hydrogens is 296 g/mol. The molecule has 7 nitrogen and oxygen atoms in total. The summed E-state index contributed by atoms with van der Waals surface area (Å²) in [5, 5.41) is 20.7. The Kier molecular flexibility index (Phi) is 4.60. The number of nitrogens with one attached hydrogen (secondary N) is 1. The maximum Gasteiger partial charge on any atom is 0.273 e. The van der Waals surface area contributed by atoms with Crippen molar-refractivity contribution in [3.8, 4) is 0 Å². The second-order valence-corrected chi connectivity index (χ2v) is 6.92. The first-order valence-corrected chi connectivity index (χ1v) is 8.25. The zero-order valence-corrected chi connectivity index (χ0v) is 12.5. The van der Waals surface area contributed by atoms with Crippen LogP contribution in [0.25, 0.3) is 0 Å². The van der Waals surface area contributed by atoms with Crippen molar-refractivity contribution in [3.05, 3.63) is 33.9 Å². The van der Waals surface area contributed by atoms with Crippen molar-refractivity contribution in [2.75, 3.05) is 0 Å². The molecule has 0 amide bonds. The molecule has 1 aromatic rings. The molecule has 0 radical (unpaired) electrons. The van der Waals surface area contributed by atoms with Crippen molar-refractivity contribution in [3.63, 3.8) is 0 Å². The Balaban J connectivity index is 2.31. The van der Waals surface area contributed by atoms with Gasteiger partial charge < -0.3 is 5.11 Å². The van der Waals surface area contributed by atoms with Gasteiger partial charge in [0.15, 0.2) is 0 Å². The van der Waals surface area contributed by atoms with Crippen molar-refractivity contribution < 1.29 is 18.4 Å². The van der Waals surface area contributed by atoms with Crippen LogP contribution < -0.4 is 4.72 Å². The summed E-state index contributed by atoms with van der Waals surface area (Å²) >= 11 is 0. The molecule has 2 atom stereocenters. The van der Waals surface area contributed by atoms with E-state index in [1.54, 1.807) is 0 Å². The van der Waals surface area contributed by atoms with E-state index in [0.717, 1.165) is 12.8 Å². The Labute approximate surface area is 123 Å². The standard InChI is InChI=1S/C13H18N2O5S/c1-9-11(15(17)18)6-4-8-13(9)21(19,20)14-10-5-2-3-7-12(10)16/h4,6,8,10,12,14,16H,2-3,5,7H2,1H3/t10-,12-/m1/s1. The minimum Gasteiger partial charge on any atom is -0.391 e. The summed E-state index contributed by atoms with van der Waals surface area (Å²) in [6.07, 6.45) is 2.12. The number of rotatable bonds is 4. The molecule has 0 spiro atoms.